The SMILES string of the molecule is COC1CN(C2(CN)CCCCCC2)CCC1C. The molecular weight excluding hydrogens is 224 g/mol. The fourth-order valence-electron chi connectivity index (χ4n) is 3.81. The second-order valence-corrected chi connectivity index (χ2v) is 6.33. The Kier molecular flexibility index (Phi) is 5.05. The Balaban J connectivity index is 2.06. The highest BCUT2D eigenvalue weighted by Crippen LogP contribution is 2.35. The van der Waals surface area contributed by atoms with Gasteiger partial charge in [0.25, 0.3) is 0 Å². The molecule has 0 radical (unpaired) electrons. The third kappa shape index (κ3) is 2.89. The summed E-state index contributed by atoms with van der Waals surface area (Å²) in [5.41, 5.74) is 6.45. The molecular formula is C15H30N2O. The molecule has 1 heterocycles. The van der Waals surface area contributed by atoms with Crippen LogP contribution in [0.4, 0.5) is 0 Å². The van der Waals surface area contributed by atoms with Crippen LogP contribution in [0.5, 0.6) is 0 Å². The van der Waals surface area contributed by atoms with Crippen molar-refractivity contribution in [3.8, 4) is 0 Å². The summed E-state index contributed by atoms with van der Waals surface area (Å²) in [6.45, 7) is 5.42. The van der Waals surface area contributed by atoms with Crippen LogP contribution in [-0.4, -0.2) is 43.3 Å². The Morgan fingerprint density at radius 1 is 1.22 bits per heavy atom. The summed E-state index contributed by atoms with van der Waals surface area (Å²) in [4.78, 5) is 2.66. The Bertz CT molecular complexity index is 249. The lowest BCUT2D eigenvalue weighted by Crippen LogP contribution is -2.59. The van der Waals surface area contributed by atoms with E-state index in [0.717, 1.165) is 13.1 Å². The molecule has 18 heavy (non-hydrogen) atoms. The lowest BCUT2D eigenvalue weighted by molar-refractivity contribution is -0.0489. The van der Waals surface area contributed by atoms with Gasteiger partial charge in [0.1, 0.15) is 0 Å². The van der Waals surface area contributed by atoms with Gasteiger partial charge >= 0.3 is 0 Å². The number of piperidine rings is 1. The molecule has 2 N–H and O–H groups in total. The second kappa shape index (κ2) is 6.36. The van der Waals surface area contributed by atoms with Gasteiger partial charge in [-0.25, -0.2) is 0 Å². The Morgan fingerprint density at radius 3 is 2.44 bits per heavy atom. The maximum Gasteiger partial charge on any atom is 0.0724 e. The summed E-state index contributed by atoms with van der Waals surface area (Å²) in [6, 6.07) is 0. The molecule has 1 aliphatic carbocycles. The van der Waals surface area contributed by atoms with Crippen molar-refractivity contribution >= 4 is 0 Å². The second-order valence-electron chi connectivity index (χ2n) is 6.33. The monoisotopic (exact) mass is 254 g/mol. The van der Waals surface area contributed by atoms with Gasteiger partial charge in [-0.05, 0) is 31.7 Å². The van der Waals surface area contributed by atoms with Crippen molar-refractivity contribution in [2.45, 2.75) is 63.5 Å². The first-order chi connectivity index (χ1) is 8.72. The van der Waals surface area contributed by atoms with E-state index in [1.54, 1.807) is 0 Å². The summed E-state index contributed by atoms with van der Waals surface area (Å²) in [6.07, 6.45) is 9.69. The minimum Gasteiger partial charge on any atom is -0.380 e. The average molecular weight is 254 g/mol. The third-order valence-corrected chi connectivity index (χ3v) is 5.28. The number of ether oxygens (including phenoxy) is 1. The van der Waals surface area contributed by atoms with Crippen molar-refractivity contribution in [3.05, 3.63) is 0 Å². The van der Waals surface area contributed by atoms with Crippen LogP contribution in [0.2, 0.25) is 0 Å². The van der Waals surface area contributed by atoms with Crippen molar-refractivity contribution in [3.63, 3.8) is 0 Å². The quantitative estimate of drug-likeness (QED) is 0.786. The van der Waals surface area contributed by atoms with Gasteiger partial charge in [0.05, 0.1) is 6.10 Å². The molecule has 2 unspecified atom stereocenters. The largest absolute Gasteiger partial charge is 0.380 e. The number of likely N-dealkylation sites (tertiary alicyclic amines) is 1. The van der Waals surface area contributed by atoms with Gasteiger partial charge in [-0.3, -0.25) is 4.90 Å². The lowest BCUT2D eigenvalue weighted by Gasteiger charge is -2.48. The zero-order chi connectivity index (χ0) is 13.0. The number of hydrogen-bond acceptors (Lipinski definition) is 3. The van der Waals surface area contributed by atoms with E-state index >= 15 is 0 Å². The van der Waals surface area contributed by atoms with Crippen molar-refractivity contribution in [1.82, 2.24) is 4.90 Å². The predicted molar refractivity (Wildman–Crippen MR) is 75.6 cm³/mol. The van der Waals surface area contributed by atoms with Crippen LogP contribution in [0.1, 0.15) is 51.9 Å². The zero-order valence-corrected chi connectivity index (χ0v) is 12.2. The molecule has 0 spiro atoms. The van der Waals surface area contributed by atoms with E-state index in [-0.39, 0.29) is 5.54 Å². The first-order valence-corrected chi connectivity index (χ1v) is 7.70. The molecule has 0 aromatic rings. The van der Waals surface area contributed by atoms with Gasteiger partial charge in [0.15, 0.2) is 0 Å². The fraction of sp³-hybridized carbons (Fsp3) is 1.00. The van der Waals surface area contributed by atoms with Crippen molar-refractivity contribution in [1.29, 1.82) is 0 Å². The number of nitrogens with zero attached hydrogens (tertiary/aromatic N) is 1. The third-order valence-electron chi connectivity index (χ3n) is 5.28. The van der Waals surface area contributed by atoms with E-state index in [1.807, 2.05) is 7.11 Å². The molecule has 2 aliphatic rings. The number of nitrogens with two attached hydrogens (primary N) is 1. The predicted octanol–water partition coefficient (Wildman–Crippen LogP) is 2.39. The van der Waals surface area contributed by atoms with E-state index in [0.29, 0.717) is 12.0 Å². The van der Waals surface area contributed by atoms with E-state index in [4.69, 9.17) is 10.5 Å². The van der Waals surface area contributed by atoms with Crippen molar-refractivity contribution in [2.24, 2.45) is 11.7 Å². The molecule has 2 atom stereocenters. The molecule has 2 fully saturated rings. The van der Waals surface area contributed by atoms with Gasteiger partial charge in [-0.2, -0.15) is 0 Å². The zero-order valence-electron chi connectivity index (χ0n) is 12.2. The summed E-state index contributed by atoms with van der Waals surface area (Å²) < 4.78 is 5.66. The minimum absolute atomic E-state index is 0.271. The summed E-state index contributed by atoms with van der Waals surface area (Å²) >= 11 is 0. The molecule has 1 aliphatic heterocycles. The first-order valence-electron chi connectivity index (χ1n) is 7.70. The fourth-order valence-corrected chi connectivity index (χ4v) is 3.81. The van der Waals surface area contributed by atoms with Crippen molar-refractivity contribution < 1.29 is 4.74 Å². The van der Waals surface area contributed by atoms with Crippen molar-refractivity contribution in [2.75, 3.05) is 26.7 Å². The van der Waals surface area contributed by atoms with E-state index in [2.05, 4.69) is 11.8 Å². The molecule has 3 heteroatoms. The topological polar surface area (TPSA) is 38.5 Å². The van der Waals surface area contributed by atoms with Gasteiger partial charge in [-0.15, -0.1) is 0 Å². The lowest BCUT2D eigenvalue weighted by atomic mass is 9.84. The highest BCUT2D eigenvalue weighted by Gasteiger charge is 2.39. The van der Waals surface area contributed by atoms with Crippen LogP contribution in [0.15, 0.2) is 0 Å². The highest BCUT2D eigenvalue weighted by atomic mass is 16.5. The van der Waals surface area contributed by atoms with Crippen LogP contribution >= 0.6 is 0 Å². The molecule has 2 rings (SSSR count). The van der Waals surface area contributed by atoms with Crippen LogP contribution in [-0.2, 0) is 4.74 Å². The van der Waals surface area contributed by atoms with E-state index < -0.39 is 0 Å². The van der Waals surface area contributed by atoms with Gasteiger partial charge in [0.2, 0.25) is 0 Å². The van der Waals surface area contributed by atoms with Crippen LogP contribution in [0.3, 0.4) is 0 Å². The smallest absolute Gasteiger partial charge is 0.0724 e. The molecule has 0 bridgehead atoms. The number of methoxy groups -OCH3 is 1. The molecule has 3 nitrogen and oxygen atoms in total. The summed E-state index contributed by atoms with van der Waals surface area (Å²) in [7, 11) is 1.85. The number of hydrogen-bond donors (Lipinski definition) is 1. The Labute approximate surface area is 112 Å². The molecule has 106 valence electrons. The molecule has 1 saturated carbocycles. The van der Waals surface area contributed by atoms with Crippen LogP contribution < -0.4 is 5.73 Å². The standard InChI is InChI=1S/C15H30N2O/c1-13-7-10-17(11-14(13)18-2)15(12-16)8-5-3-4-6-9-15/h13-14H,3-12,16H2,1-2H3. The maximum atomic E-state index is 6.18. The van der Waals surface area contributed by atoms with Gasteiger partial charge < -0.3 is 10.5 Å². The van der Waals surface area contributed by atoms with Gasteiger partial charge in [0, 0.05) is 25.7 Å². The first kappa shape index (κ1) is 14.3. The average Bonchev–Trinajstić information content (AvgIpc) is 2.65. The molecule has 0 aromatic carbocycles. The Hall–Kier alpha value is -0.120. The summed E-state index contributed by atoms with van der Waals surface area (Å²) in [5, 5.41) is 0. The van der Waals surface area contributed by atoms with Gasteiger partial charge in [-0.1, -0.05) is 32.6 Å². The molecule has 1 saturated heterocycles. The van der Waals surface area contributed by atoms with Crippen LogP contribution in [0, 0.1) is 5.92 Å². The minimum atomic E-state index is 0.271. The Morgan fingerprint density at radius 2 is 1.89 bits per heavy atom. The molecule has 0 amide bonds. The van der Waals surface area contributed by atoms with Crippen LogP contribution in [0.25, 0.3) is 0 Å². The number of rotatable bonds is 3. The molecule has 0 aromatic heterocycles. The summed E-state index contributed by atoms with van der Waals surface area (Å²) in [5.74, 6) is 0.687. The van der Waals surface area contributed by atoms with E-state index in [9.17, 15) is 0 Å². The maximum absolute atomic E-state index is 6.18. The normalized spacial score (nSPS) is 34.2. The van der Waals surface area contributed by atoms with E-state index in [1.165, 1.54) is 51.5 Å². The highest BCUT2D eigenvalue weighted by molar-refractivity contribution is 4.96.